The van der Waals surface area contributed by atoms with E-state index in [1.165, 1.54) is 31.3 Å². The van der Waals surface area contributed by atoms with Gasteiger partial charge in [-0.25, -0.2) is 0 Å². The van der Waals surface area contributed by atoms with E-state index in [1.54, 1.807) is 0 Å². The van der Waals surface area contributed by atoms with Crippen LogP contribution in [-0.2, 0) is 4.79 Å². The van der Waals surface area contributed by atoms with Gasteiger partial charge in [0.15, 0.2) is 0 Å². The Morgan fingerprint density at radius 3 is 2.86 bits per heavy atom. The molecule has 0 aromatic heterocycles. The lowest BCUT2D eigenvalue weighted by atomic mass is 9.97. The van der Waals surface area contributed by atoms with Gasteiger partial charge in [-0.15, -0.1) is 0 Å². The van der Waals surface area contributed by atoms with E-state index < -0.39 is 0 Å². The van der Waals surface area contributed by atoms with E-state index in [0.29, 0.717) is 5.92 Å². The number of nitrogens with zero attached hydrogens (tertiary/aromatic N) is 1. The molecule has 3 unspecified atom stereocenters. The number of amides is 1. The summed E-state index contributed by atoms with van der Waals surface area (Å²) in [6.45, 7) is 3.51. The second kappa shape index (κ2) is 8.68. The average Bonchev–Trinajstić information content (AvgIpc) is 2.92. The smallest absolute Gasteiger partial charge is 0.237 e. The Labute approximate surface area is 135 Å². The molecule has 0 spiro atoms. The molecule has 22 heavy (non-hydrogen) atoms. The van der Waals surface area contributed by atoms with Crippen molar-refractivity contribution in [1.82, 2.24) is 10.2 Å². The van der Waals surface area contributed by atoms with E-state index in [2.05, 4.69) is 16.3 Å². The highest BCUT2D eigenvalue weighted by atomic mass is 16.3. The average molecular weight is 308 g/mol. The zero-order valence-corrected chi connectivity index (χ0v) is 14.2. The lowest BCUT2D eigenvalue weighted by Gasteiger charge is -2.28. The predicted molar refractivity (Wildman–Crippen MR) is 89.6 cm³/mol. The molecule has 1 fully saturated rings. The van der Waals surface area contributed by atoms with Crippen LogP contribution in [0, 0.1) is 5.92 Å². The van der Waals surface area contributed by atoms with E-state index in [1.807, 2.05) is 14.0 Å². The summed E-state index contributed by atoms with van der Waals surface area (Å²) in [5.41, 5.74) is 1.50. The molecule has 4 nitrogen and oxygen atoms in total. The first kappa shape index (κ1) is 17.5. The van der Waals surface area contributed by atoms with Crippen LogP contribution in [0.15, 0.2) is 11.6 Å². The van der Waals surface area contributed by atoms with Gasteiger partial charge in [-0.05, 0) is 64.8 Å². The highest BCUT2D eigenvalue weighted by Crippen LogP contribution is 2.26. The maximum Gasteiger partial charge on any atom is 0.237 e. The van der Waals surface area contributed by atoms with Gasteiger partial charge < -0.3 is 10.4 Å². The largest absolute Gasteiger partial charge is 0.393 e. The van der Waals surface area contributed by atoms with Crippen LogP contribution in [0.3, 0.4) is 0 Å². The minimum absolute atomic E-state index is 0.103. The number of carbonyl (C=O) groups excluding carboxylic acids is 1. The SMILES string of the molecule is CC(C(=O)NCCC1=CCCCC1)N(C)CC1CCCC1O. The molecule has 2 aliphatic carbocycles. The fourth-order valence-corrected chi connectivity index (χ4v) is 3.58. The first-order valence-electron chi connectivity index (χ1n) is 8.92. The highest BCUT2D eigenvalue weighted by molar-refractivity contribution is 5.81. The van der Waals surface area contributed by atoms with Gasteiger partial charge >= 0.3 is 0 Å². The Morgan fingerprint density at radius 1 is 1.41 bits per heavy atom. The normalized spacial score (nSPS) is 26.8. The first-order valence-corrected chi connectivity index (χ1v) is 8.92. The molecule has 1 amide bonds. The molecule has 3 atom stereocenters. The molecule has 2 rings (SSSR count). The maximum absolute atomic E-state index is 12.2. The van der Waals surface area contributed by atoms with Crippen molar-refractivity contribution < 1.29 is 9.90 Å². The number of hydrogen-bond acceptors (Lipinski definition) is 3. The quantitative estimate of drug-likeness (QED) is 0.710. The summed E-state index contributed by atoms with van der Waals surface area (Å²) in [6, 6.07) is -0.131. The van der Waals surface area contributed by atoms with Gasteiger partial charge in [-0.1, -0.05) is 18.1 Å². The van der Waals surface area contributed by atoms with Crippen molar-refractivity contribution >= 4 is 5.91 Å². The van der Waals surface area contributed by atoms with Crippen LogP contribution >= 0.6 is 0 Å². The van der Waals surface area contributed by atoms with Crippen LogP contribution in [0.2, 0.25) is 0 Å². The number of nitrogens with one attached hydrogen (secondary N) is 1. The standard InChI is InChI=1S/C18H32N2O2/c1-14(20(2)13-16-9-6-10-17(16)21)18(22)19-12-11-15-7-4-3-5-8-15/h7,14,16-17,21H,3-6,8-13H2,1-2H3,(H,19,22). The summed E-state index contributed by atoms with van der Waals surface area (Å²) in [7, 11) is 1.99. The Hall–Kier alpha value is -0.870. The third-order valence-electron chi connectivity index (χ3n) is 5.31. The molecule has 126 valence electrons. The van der Waals surface area contributed by atoms with Crippen molar-refractivity contribution in [2.24, 2.45) is 5.92 Å². The molecule has 2 aliphatic rings. The fourth-order valence-electron chi connectivity index (χ4n) is 3.58. The van der Waals surface area contributed by atoms with E-state index in [4.69, 9.17) is 0 Å². The van der Waals surface area contributed by atoms with E-state index in [-0.39, 0.29) is 18.1 Å². The number of rotatable bonds is 7. The van der Waals surface area contributed by atoms with Crippen LogP contribution in [0.5, 0.6) is 0 Å². The number of aliphatic hydroxyl groups excluding tert-OH is 1. The molecule has 4 heteroatoms. The number of likely N-dealkylation sites (N-methyl/N-ethyl adjacent to an activating group) is 1. The van der Waals surface area contributed by atoms with Crippen LogP contribution < -0.4 is 5.32 Å². The molecule has 0 saturated heterocycles. The van der Waals surface area contributed by atoms with Crippen molar-refractivity contribution in [3.05, 3.63) is 11.6 Å². The lowest BCUT2D eigenvalue weighted by Crippen LogP contribution is -2.45. The zero-order valence-electron chi connectivity index (χ0n) is 14.2. The van der Waals surface area contributed by atoms with Gasteiger partial charge in [0.1, 0.15) is 0 Å². The Balaban J connectivity index is 1.68. The molecule has 2 N–H and O–H groups in total. The summed E-state index contributed by atoms with van der Waals surface area (Å²) in [6.07, 6.45) is 11.2. The molecule has 0 aromatic carbocycles. The number of allylic oxidation sites excluding steroid dienone is 1. The molecule has 0 aromatic rings. The van der Waals surface area contributed by atoms with E-state index in [0.717, 1.165) is 38.8 Å². The molecule has 0 radical (unpaired) electrons. The summed E-state index contributed by atoms with van der Waals surface area (Å²) < 4.78 is 0. The fraction of sp³-hybridized carbons (Fsp3) is 0.833. The van der Waals surface area contributed by atoms with Crippen molar-refractivity contribution in [3.8, 4) is 0 Å². The van der Waals surface area contributed by atoms with Gasteiger partial charge in [0, 0.05) is 13.1 Å². The van der Waals surface area contributed by atoms with E-state index in [9.17, 15) is 9.90 Å². The maximum atomic E-state index is 12.2. The minimum atomic E-state index is -0.184. The Kier molecular flexibility index (Phi) is 6.90. The number of carbonyl (C=O) groups is 1. The summed E-state index contributed by atoms with van der Waals surface area (Å²) in [4.78, 5) is 14.3. The second-order valence-electron chi connectivity index (χ2n) is 7.02. The number of aliphatic hydroxyl groups is 1. The van der Waals surface area contributed by atoms with Gasteiger partial charge in [-0.2, -0.15) is 0 Å². The van der Waals surface area contributed by atoms with Gasteiger partial charge in [0.2, 0.25) is 5.91 Å². The van der Waals surface area contributed by atoms with Gasteiger partial charge in [0.25, 0.3) is 0 Å². The summed E-state index contributed by atoms with van der Waals surface area (Å²) in [5, 5.41) is 13.0. The number of hydrogen-bond donors (Lipinski definition) is 2. The third-order valence-corrected chi connectivity index (χ3v) is 5.31. The van der Waals surface area contributed by atoms with Crippen LogP contribution in [-0.4, -0.2) is 48.2 Å². The van der Waals surface area contributed by atoms with Gasteiger partial charge in [-0.3, -0.25) is 9.69 Å². The van der Waals surface area contributed by atoms with Crippen molar-refractivity contribution in [2.75, 3.05) is 20.1 Å². The van der Waals surface area contributed by atoms with E-state index >= 15 is 0 Å². The first-order chi connectivity index (χ1) is 10.6. The zero-order chi connectivity index (χ0) is 15.9. The topological polar surface area (TPSA) is 52.6 Å². The molecular weight excluding hydrogens is 276 g/mol. The molecule has 0 aliphatic heterocycles. The predicted octanol–water partition coefficient (Wildman–Crippen LogP) is 2.47. The van der Waals surface area contributed by atoms with Crippen molar-refractivity contribution in [3.63, 3.8) is 0 Å². The van der Waals surface area contributed by atoms with Crippen LogP contribution in [0.25, 0.3) is 0 Å². The van der Waals surface area contributed by atoms with Crippen LogP contribution in [0.1, 0.15) is 58.3 Å². The molecule has 0 bridgehead atoms. The Bertz CT molecular complexity index is 395. The molecule has 1 saturated carbocycles. The monoisotopic (exact) mass is 308 g/mol. The molecule has 0 heterocycles. The molecular formula is C18H32N2O2. The lowest BCUT2D eigenvalue weighted by molar-refractivity contribution is -0.125. The van der Waals surface area contributed by atoms with Gasteiger partial charge in [0.05, 0.1) is 12.1 Å². The summed E-state index contributed by atoms with van der Waals surface area (Å²) in [5.74, 6) is 0.430. The minimum Gasteiger partial charge on any atom is -0.393 e. The van der Waals surface area contributed by atoms with Crippen molar-refractivity contribution in [1.29, 1.82) is 0 Å². The second-order valence-corrected chi connectivity index (χ2v) is 7.02. The summed E-state index contributed by atoms with van der Waals surface area (Å²) >= 11 is 0. The van der Waals surface area contributed by atoms with Crippen LogP contribution in [0.4, 0.5) is 0 Å². The van der Waals surface area contributed by atoms with Crippen molar-refractivity contribution in [2.45, 2.75) is 70.4 Å². The Morgan fingerprint density at radius 2 is 2.23 bits per heavy atom. The third kappa shape index (κ3) is 5.10. The highest BCUT2D eigenvalue weighted by Gasteiger charge is 2.28.